The van der Waals surface area contributed by atoms with Crippen LogP contribution in [0.1, 0.15) is 18.9 Å². The highest BCUT2D eigenvalue weighted by Gasteiger charge is 2.60. The lowest BCUT2D eigenvalue weighted by atomic mass is 10.1. The van der Waals surface area contributed by atoms with Gasteiger partial charge in [0.1, 0.15) is 36.3 Å². The number of hydrogen-bond acceptors (Lipinski definition) is 13. The molecule has 4 heterocycles. The van der Waals surface area contributed by atoms with Gasteiger partial charge in [0.25, 0.3) is 5.56 Å². The Morgan fingerprint density at radius 3 is 2.28 bits per heavy atom. The largest absolute Gasteiger partial charge is 0.397 e. The van der Waals surface area contributed by atoms with Crippen LogP contribution in [0.4, 0.5) is 14.6 Å². The molecule has 0 saturated carbocycles. The van der Waals surface area contributed by atoms with E-state index < -0.39 is 92.3 Å². The molecule has 20 heteroatoms. The summed E-state index contributed by atoms with van der Waals surface area (Å²) >= 11 is 0. The number of aromatic amines is 1. The van der Waals surface area contributed by atoms with Crippen LogP contribution >= 0.6 is 7.60 Å². The second kappa shape index (κ2) is 10.6. The summed E-state index contributed by atoms with van der Waals surface area (Å²) in [6, 6.07) is 2.02. The van der Waals surface area contributed by atoms with E-state index in [4.69, 9.17) is 15.2 Å². The predicted octanol–water partition coefficient (Wildman–Crippen LogP) is -3.20. The molecule has 9 atom stereocenters. The average Bonchev–Trinajstić information content (AvgIpc) is 3.29. The van der Waals surface area contributed by atoms with E-state index in [2.05, 4.69) is 9.51 Å². The molecule has 8 N–H and O–H groups in total. The summed E-state index contributed by atoms with van der Waals surface area (Å²) in [5.74, 6) is -0.177. The van der Waals surface area contributed by atoms with Gasteiger partial charge in [-0.1, -0.05) is 0 Å². The number of nitrogens with two attached hydrogens (primary N) is 1. The molecule has 4 rings (SSSR count). The number of nitrogen functional groups attached to an aromatic ring is 1. The summed E-state index contributed by atoms with van der Waals surface area (Å²) in [7, 11) is -6.07. The first kappa shape index (κ1) is 29.1. The minimum absolute atomic E-state index is 0.177. The monoisotopic (exact) mass is 583 g/mol. The normalized spacial score (nSPS) is 32.8. The molecule has 0 radical (unpaired) electrons. The predicted molar refractivity (Wildman–Crippen MR) is 121 cm³/mol. The minimum Gasteiger partial charge on any atom is -0.394 e. The van der Waals surface area contributed by atoms with Crippen LogP contribution in [-0.2, 0) is 18.6 Å². The number of nitrogens with one attached hydrogen (secondary N) is 1. The molecule has 0 aromatic carbocycles. The summed E-state index contributed by atoms with van der Waals surface area (Å²) in [5.41, 5.74) is -2.19. The molecular weight excluding hydrogens is 559 g/mol. The summed E-state index contributed by atoms with van der Waals surface area (Å²) in [6.45, 7) is -0.979. The Kier molecular flexibility index (Phi) is 7.92. The smallest absolute Gasteiger partial charge is 0.394 e. The number of H-pyrrole nitrogens is 1. The van der Waals surface area contributed by atoms with Gasteiger partial charge in [0, 0.05) is 18.5 Å². The van der Waals surface area contributed by atoms with Crippen molar-refractivity contribution in [1.82, 2.24) is 19.1 Å². The molecule has 17 nitrogen and oxygen atoms in total. The molecule has 2 saturated heterocycles. The second-order valence-electron chi connectivity index (χ2n) is 8.80. The Balaban J connectivity index is 1.52. The van der Waals surface area contributed by atoms with Crippen molar-refractivity contribution in [2.24, 2.45) is 0 Å². The van der Waals surface area contributed by atoms with Crippen molar-refractivity contribution in [3.8, 4) is 0 Å². The molecule has 0 spiro atoms. The van der Waals surface area contributed by atoms with E-state index in [1.54, 1.807) is 0 Å². The SMILES string of the molecule is Nc1ccn([C@@H]2O[C@H](CO)[C@@H](OP(=O)(O)C(F)(F)C[C@H]3O[C@@H](n4ccc(=O)[nH]c4=O)[C@H](O)[C@@H]3O)[C@H]2O)c(=O)n1. The van der Waals surface area contributed by atoms with Gasteiger partial charge in [0.05, 0.1) is 19.1 Å². The number of anilines is 1. The van der Waals surface area contributed by atoms with E-state index in [0.29, 0.717) is 9.13 Å². The third-order valence-electron chi connectivity index (χ3n) is 6.20. The molecule has 0 bridgehead atoms. The molecule has 39 heavy (non-hydrogen) atoms. The zero-order valence-corrected chi connectivity index (χ0v) is 20.5. The van der Waals surface area contributed by atoms with Crippen molar-refractivity contribution in [3.63, 3.8) is 0 Å². The van der Waals surface area contributed by atoms with Crippen LogP contribution in [0.2, 0.25) is 0 Å². The van der Waals surface area contributed by atoms with Gasteiger partial charge in [0.2, 0.25) is 0 Å². The molecule has 1 unspecified atom stereocenters. The van der Waals surface area contributed by atoms with Crippen LogP contribution in [0.5, 0.6) is 0 Å². The van der Waals surface area contributed by atoms with Crippen LogP contribution in [0.3, 0.4) is 0 Å². The molecule has 216 valence electrons. The van der Waals surface area contributed by atoms with Crippen molar-refractivity contribution >= 4 is 13.4 Å². The quantitative estimate of drug-likeness (QED) is 0.151. The zero-order chi connectivity index (χ0) is 28.9. The minimum atomic E-state index is -6.07. The van der Waals surface area contributed by atoms with Crippen molar-refractivity contribution in [2.45, 2.75) is 61.2 Å². The number of aliphatic hydroxyl groups excluding tert-OH is 4. The topological polar surface area (TPSA) is 262 Å². The van der Waals surface area contributed by atoms with Crippen LogP contribution in [-0.4, -0.2) is 93.3 Å². The third-order valence-corrected chi connectivity index (χ3v) is 7.74. The van der Waals surface area contributed by atoms with Gasteiger partial charge >= 0.3 is 24.6 Å². The summed E-state index contributed by atoms with van der Waals surface area (Å²) in [4.78, 5) is 50.8. The molecule has 2 aromatic heterocycles. The lowest BCUT2D eigenvalue weighted by molar-refractivity contribution is -0.0775. The molecular formula is C19H24F2N5O12P. The highest BCUT2D eigenvalue weighted by atomic mass is 31.2. The third kappa shape index (κ3) is 5.45. The average molecular weight is 583 g/mol. The Morgan fingerprint density at radius 1 is 1.05 bits per heavy atom. The maximum absolute atomic E-state index is 15.1. The van der Waals surface area contributed by atoms with Gasteiger partial charge in [0.15, 0.2) is 12.5 Å². The molecule has 0 aliphatic carbocycles. The Morgan fingerprint density at radius 2 is 1.67 bits per heavy atom. The second-order valence-corrected chi connectivity index (χ2v) is 10.7. The summed E-state index contributed by atoms with van der Waals surface area (Å²) in [6.07, 6.45) is -14.9. The molecule has 2 aliphatic heterocycles. The first-order valence-corrected chi connectivity index (χ1v) is 12.8. The number of nitrogens with zero attached hydrogens (tertiary/aromatic N) is 3. The van der Waals surface area contributed by atoms with Gasteiger partial charge in [-0.05, 0) is 6.07 Å². The lowest BCUT2D eigenvalue weighted by Gasteiger charge is -2.29. The maximum Gasteiger partial charge on any atom is 0.397 e. The zero-order valence-electron chi connectivity index (χ0n) is 19.6. The van der Waals surface area contributed by atoms with Gasteiger partial charge in [-0.2, -0.15) is 13.8 Å². The van der Waals surface area contributed by atoms with Gasteiger partial charge in [-0.15, -0.1) is 0 Å². The number of halogens is 2. The fraction of sp³-hybridized carbons (Fsp3) is 0.579. The van der Waals surface area contributed by atoms with E-state index in [1.165, 1.54) is 0 Å². The number of aromatic nitrogens is 4. The molecule has 2 fully saturated rings. The van der Waals surface area contributed by atoms with Crippen LogP contribution < -0.4 is 22.7 Å². The highest BCUT2D eigenvalue weighted by molar-refractivity contribution is 7.54. The van der Waals surface area contributed by atoms with Crippen molar-refractivity contribution in [1.29, 1.82) is 0 Å². The Labute approximate surface area is 215 Å². The number of rotatable bonds is 8. The van der Waals surface area contributed by atoms with Crippen molar-refractivity contribution in [3.05, 3.63) is 55.8 Å². The summed E-state index contributed by atoms with van der Waals surface area (Å²) < 4.78 is 59.3. The molecule has 2 aliphatic rings. The van der Waals surface area contributed by atoms with E-state index >= 15 is 8.78 Å². The van der Waals surface area contributed by atoms with Gasteiger partial charge in [-0.3, -0.25) is 28.0 Å². The maximum atomic E-state index is 15.1. The summed E-state index contributed by atoms with van der Waals surface area (Å²) in [5, 5.41) is 40.6. The fourth-order valence-corrected chi connectivity index (χ4v) is 5.36. The number of ether oxygens (including phenoxy) is 2. The van der Waals surface area contributed by atoms with Crippen LogP contribution in [0.15, 0.2) is 38.9 Å². The standard InChI is InChI=1S/C19H24F2N5O12P/c20-19(21,5-7-11(29)12(30)15(36-7)26-4-2-10(28)24-18(26)33)39(34,35)38-14-8(6-27)37-16(13(14)31)25-3-1-9(22)23-17(25)32/h1-4,7-8,11-16,27,29-31H,5-6H2,(H,34,35)(H2,22,23,32)(H,24,28,33)/t7-,8-,11-,12-,13-,14-,15-,16-/m1/s1. The van der Waals surface area contributed by atoms with Crippen molar-refractivity contribution < 1.29 is 52.7 Å². The van der Waals surface area contributed by atoms with Crippen LogP contribution in [0.25, 0.3) is 0 Å². The first-order valence-electron chi connectivity index (χ1n) is 11.2. The van der Waals surface area contributed by atoms with Gasteiger partial charge in [-0.25, -0.2) is 9.59 Å². The van der Waals surface area contributed by atoms with Crippen LogP contribution in [0, 0.1) is 0 Å². The van der Waals surface area contributed by atoms with E-state index in [9.17, 15) is 44.3 Å². The van der Waals surface area contributed by atoms with Gasteiger partial charge < -0.3 is 40.5 Å². The number of hydrogen-bond donors (Lipinski definition) is 7. The number of aliphatic hydroxyl groups is 4. The van der Waals surface area contributed by atoms with E-state index in [1.807, 2.05) is 4.98 Å². The highest BCUT2D eigenvalue weighted by Crippen LogP contribution is 2.62. The molecule has 0 amide bonds. The Hall–Kier alpha value is -2.87. The Bertz CT molecular complexity index is 1430. The van der Waals surface area contributed by atoms with Crippen molar-refractivity contribution in [2.75, 3.05) is 12.3 Å². The van der Waals surface area contributed by atoms with E-state index in [-0.39, 0.29) is 5.82 Å². The number of alkyl halides is 2. The lowest BCUT2D eigenvalue weighted by Crippen LogP contribution is -2.40. The first-order chi connectivity index (χ1) is 18.2. The molecule has 2 aromatic rings. The van der Waals surface area contributed by atoms with E-state index in [0.717, 1.165) is 24.5 Å². The fourth-order valence-electron chi connectivity index (χ4n) is 4.20.